The van der Waals surface area contributed by atoms with Gasteiger partial charge in [-0.2, -0.15) is 5.26 Å². The highest BCUT2D eigenvalue weighted by Crippen LogP contribution is 2.39. The molecular formula is C20H24ClN3O4S. The van der Waals surface area contributed by atoms with E-state index in [9.17, 15) is 13.2 Å². The average molecular weight is 438 g/mol. The lowest BCUT2D eigenvalue weighted by Gasteiger charge is -2.29. The van der Waals surface area contributed by atoms with E-state index in [0.29, 0.717) is 38.9 Å². The summed E-state index contributed by atoms with van der Waals surface area (Å²) in [5.41, 5.74) is 0.152. The van der Waals surface area contributed by atoms with E-state index in [-0.39, 0.29) is 28.2 Å². The molecule has 3 aliphatic rings. The minimum atomic E-state index is -3.64. The zero-order chi connectivity index (χ0) is 20.6. The molecule has 2 atom stereocenters. The van der Waals surface area contributed by atoms with Crippen LogP contribution >= 0.6 is 11.6 Å². The summed E-state index contributed by atoms with van der Waals surface area (Å²) in [6.45, 7) is 2.75. The molecule has 9 heteroatoms. The molecule has 1 amide bonds. The van der Waals surface area contributed by atoms with Crippen LogP contribution in [0.1, 0.15) is 32.1 Å². The van der Waals surface area contributed by atoms with Crippen LogP contribution in [0.5, 0.6) is 0 Å². The van der Waals surface area contributed by atoms with Gasteiger partial charge in [-0.1, -0.05) is 11.6 Å². The Morgan fingerprint density at radius 1 is 1.28 bits per heavy atom. The predicted octanol–water partition coefficient (Wildman–Crippen LogP) is 2.29. The summed E-state index contributed by atoms with van der Waals surface area (Å²) in [5, 5.41) is 11.5. The number of carbonyl (C=O) groups excluding carboxylic acids is 1. The second-order valence-electron chi connectivity index (χ2n) is 8.07. The van der Waals surface area contributed by atoms with Crippen LogP contribution in [0.4, 0.5) is 5.69 Å². The van der Waals surface area contributed by atoms with Crippen molar-refractivity contribution in [3.05, 3.63) is 23.2 Å². The number of hydrogen-bond acceptors (Lipinski definition) is 6. The van der Waals surface area contributed by atoms with Crippen LogP contribution in [-0.2, 0) is 19.4 Å². The van der Waals surface area contributed by atoms with Gasteiger partial charge in [-0.05, 0) is 50.3 Å². The molecule has 1 saturated heterocycles. The zero-order valence-corrected chi connectivity index (χ0v) is 17.6. The number of benzene rings is 1. The molecule has 4 rings (SSSR count). The van der Waals surface area contributed by atoms with Gasteiger partial charge in [0.2, 0.25) is 5.91 Å². The summed E-state index contributed by atoms with van der Waals surface area (Å²) in [5.74, 6) is -0.595. The van der Waals surface area contributed by atoms with Gasteiger partial charge in [0.1, 0.15) is 5.54 Å². The molecule has 29 heavy (non-hydrogen) atoms. The fourth-order valence-electron chi connectivity index (χ4n) is 4.11. The lowest BCUT2D eigenvalue weighted by molar-refractivity contribution is -0.125. The van der Waals surface area contributed by atoms with Crippen molar-refractivity contribution in [2.24, 2.45) is 5.92 Å². The molecule has 2 saturated carbocycles. The molecule has 156 valence electrons. The summed E-state index contributed by atoms with van der Waals surface area (Å²) >= 11 is 6.37. The number of carbonyl (C=O) groups is 1. The van der Waals surface area contributed by atoms with Gasteiger partial charge in [0, 0.05) is 24.7 Å². The minimum Gasteiger partial charge on any atom is -0.378 e. The number of hydrogen-bond donors (Lipinski definition) is 1. The van der Waals surface area contributed by atoms with Crippen LogP contribution in [0.15, 0.2) is 23.1 Å². The smallest absolute Gasteiger partial charge is 0.224 e. The van der Waals surface area contributed by atoms with Crippen LogP contribution in [-0.4, -0.2) is 51.4 Å². The molecule has 3 fully saturated rings. The number of nitrogens with zero attached hydrogens (tertiary/aromatic N) is 2. The van der Waals surface area contributed by atoms with Crippen LogP contribution in [0.3, 0.4) is 0 Å². The Hall–Kier alpha value is -1.82. The normalized spacial score (nSPS) is 26.0. The van der Waals surface area contributed by atoms with E-state index in [1.54, 1.807) is 18.2 Å². The number of amides is 1. The van der Waals surface area contributed by atoms with E-state index in [4.69, 9.17) is 21.6 Å². The Balaban J connectivity index is 1.46. The Morgan fingerprint density at radius 2 is 2.00 bits per heavy atom. The molecule has 0 bridgehead atoms. The molecule has 1 aromatic carbocycles. The molecular weight excluding hydrogens is 414 g/mol. The Morgan fingerprint density at radius 3 is 2.62 bits per heavy atom. The number of anilines is 1. The van der Waals surface area contributed by atoms with Crippen LogP contribution in [0, 0.1) is 17.2 Å². The van der Waals surface area contributed by atoms with Crippen molar-refractivity contribution >= 4 is 33.0 Å². The number of nitrogens with one attached hydrogen (secondary N) is 1. The molecule has 7 nitrogen and oxygen atoms in total. The Labute approximate surface area is 175 Å². The molecule has 1 heterocycles. The van der Waals surface area contributed by atoms with E-state index < -0.39 is 20.6 Å². The van der Waals surface area contributed by atoms with Gasteiger partial charge in [-0.25, -0.2) is 8.42 Å². The first-order valence-electron chi connectivity index (χ1n) is 9.94. The second kappa shape index (κ2) is 7.78. The first kappa shape index (κ1) is 20.5. The number of ether oxygens (including phenoxy) is 1. The largest absolute Gasteiger partial charge is 0.378 e. The van der Waals surface area contributed by atoms with E-state index in [1.165, 1.54) is 0 Å². The van der Waals surface area contributed by atoms with Crippen molar-refractivity contribution in [3.8, 4) is 6.07 Å². The van der Waals surface area contributed by atoms with Crippen molar-refractivity contribution in [1.82, 2.24) is 5.32 Å². The zero-order valence-electron chi connectivity index (χ0n) is 16.1. The van der Waals surface area contributed by atoms with Crippen LogP contribution in [0.2, 0.25) is 5.02 Å². The maximum Gasteiger partial charge on any atom is 0.224 e. The third kappa shape index (κ3) is 4.09. The van der Waals surface area contributed by atoms with Gasteiger partial charge in [0.15, 0.2) is 9.84 Å². The SMILES string of the molecule is N#CC1(NC(=O)[C@H]2CC[C@H](S(=O)(=O)c3ccc(N4CCOCC4)cc3Cl)C2)CC1. The maximum absolute atomic E-state index is 13.2. The monoisotopic (exact) mass is 437 g/mol. The quantitative estimate of drug-likeness (QED) is 0.758. The van der Waals surface area contributed by atoms with Crippen molar-refractivity contribution < 1.29 is 17.9 Å². The minimum absolute atomic E-state index is 0.123. The van der Waals surface area contributed by atoms with E-state index in [1.807, 2.05) is 0 Å². The molecule has 0 radical (unpaired) electrons. The van der Waals surface area contributed by atoms with E-state index in [2.05, 4.69) is 16.3 Å². The van der Waals surface area contributed by atoms with Crippen molar-refractivity contribution in [2.45, 2.75) is 47.8 Å². The highest BCUT2D eigenvalue weighted by molar-refractivity contribution is 7.92. The molecule has 0 aromatic heterocycles. The lowest BCUT2D eigenvalue weighted by Crippen LogP contribution is -2.39. The topological polar surface area (TPSA) is 99.5 Å². The first-order valence-corrected chi connectivity index (χ1v) is 11.9. The number of nitriles is 1. The molecule has 0 spiro atoms. The summed E-state index contributed by atoms with van der Waals surface area (Å²) < 4.78 is 31.7. The van der Waals surface area contributed by atoms with Gasteiger partial charge in [-0.3, -0.25) is 4.79 Å². The molecule has 0 unspecified atom stereocenters. The molecule has 2 aliphatic carbocycles. The van der Waals surface area contributed by atoms with Crippen molar-refractivity contribution in [3.63, 3.8) is 0 Å². The fraction of sp³-hybridized carbons (Fsp3) is 0.600. The maximum atomic E-state index is 13.2. The highest BCUT2D eigenvalue weighted by atomic mass is 35.5. The second-order valence-corrected chi connectivity index (χ2v) is 10.7. The van der Waals surface area contributed by atoms with Gasteiger partial charge in [0.05, 0.1) is 34.5 Å². The van der Waals surface area contributed by atoms with Gasteiger partial charge in [0.25, 0.3) is 0 Å². The van der Waals surface area contributed by atoms with Crippen molar-refractivity contribution in [2.75, 3.05) is 31.2 Å². The van der Waals surface area contributed by atoms with Gasteiger partial charge >= 0.3 is 0 Å². The molecule has 1 aromatic rings. The summed E-state index contributed by atoms with van der Waals surface area (Å²) in [4.78, 5) is 14.7. The van der Waals surface area contributed by atoms with Crippen molar-refractivity contribution in [1.29, 1.82) is 5.26 Å². The molecule has 1 aliphatic heterocycles. The predicted molar refractivity (Wildman–Crippen MR) is 109 cm³/mol. The highest BCUT2D eigenvalue weighted by Gasteiger charge is 2.47. The number of halogens is 1. The summed E-state index contributed by atoms with van der Waals surface area (Å²) in [6, 6.07) is 7.19. The molecule has 1 N–H and O–H groups in total. The van der Waals surface area contributed by atoms with Crippen LogP contribution < -0.4 is 10.2 Å². The summed E-state index contributed by atoms with van der Waals surface area (Å²) in [6.07, 6.45) is 2.50. The van der Waals surface area contributed by atoms with Gasteiger partial charge < -0.3 is 15.0 Å². The fourth-order valence-corrected chi connectivity index (χ4v) is 6.48. The van der Waals surface area contributed by atoms with E-state index >= 15 is 0 Å². The number of morpholine rings is 1. The third-order valence-electron chi connectivity index (χ3n) is 6.12. The lowest BCUT2D eigenvalue weighted by atomic mass is 10.1. The number of rotatable bonds is 5. The van der Waals surface area contributed by atoms with E-state index in [0.717, 1.165) is 18.8 Å². The van der Waals surface area contributed by atoms with Crippen LogP contribution in [0.25, 0.3) is 0 Å². The standard InChI is InChI=1S/C20H24ClN3O4S/c21-17-12-15(24-7-9-28-10-8-24)2-4-18(17)29(26,27)16-3-1-14(11-16)19(25)23-20(13-22)5-6-20/h2,4,12,14,16H,1,3,5-11H2,(H,23,25)/t14-,16-/m0/s1. The average Bonchev–Trinajstić information content (AvgIpc) is 3.30. The number of sulfone groups is 1. The summed E-state index contributed by atoms with van der Waals surface area (Å²) in [7, 11) is -3.64. The first-order chi connectivity index (χ1) is 13.8. The van der Waals surface area contributed by atoms with Gasteiger partial charge in [-0.15, -0.1) is 0 Å². The Kier molecular flexibility index (Phi) is 5.49. The third-order valence-corrected chi connectivity index (χ3v) is 8.82. The Bertz CT molecular complexity index is 949.